The van der Waals surface area contributed by atoms with Crippen molar-refractivity contribution in [2.75, 3.05) is 0 Å². The van der Waals surface area contributed by atoms with Gasteiger partial charge in [0.25, 0.3) is 0 Å². The highest BCUT2D eigenvalue weighted by Crippen LogP contribution is 2.17. The van der Waals surface area contributed by atoms with Gasteiger partial charge < -0.3 is 9.67 Å². The Morgan fingerprint density at radius 3 is 2.80 bits per heavy atom. The molecule has 102 valence electrons. The first-order chi connectivity index (χ1) is 9.78. The molecule has 0 aliphatic carbocycles. The second-order valence-corrected chi connectivity index (χ2v) is 4.63. The van der Waals surface area contributed by atoms with Crippen LogP contribution in [-0.4, -0.2) is 24.6 Å². The second-order valence-electron chi connectivity index (χ2n) is 4.63. The van der Waals surface area contributed by atoms with Crippen molar-refractivity contribution in [3.05, 3.63) is 54.4 Å². The Bertz CT molecular complexity index is 722. The minimum Gasteiger partial charge on any atom is -0.386 e. The topological polar surface area (TPSA) is 63.8 Å². The third-order valence-corrected chi connectivity index (χ3v) is 3.33. The fourth-order valence-electron chi connectivity index (χ4n) is 2.23. The van der Waals surface area contributed by atoms with Crippen molar-refractivity contribution in [1.29, 1.82) is 0 Å². The number of aryl methyl sites for hydroxylation is 1. The Morgan fingerprint density at radius 2 is 2.00 bits per heavy atom. The summed E-state index contributed by atoms with van der Waals surface area (Å²) in [4.78, 5) is 13.1. The normalized spacial score (nSPS) is 12.7. The number of fused-ring (bicyclic) bond motifs is 1. The Kier molecular flexibility index (Phi) is 3.43. The lowest BCUT2D eigenvalue weighted by atomic mass is 10.1. The lowest BCUT2D eigenvalue weighted by Gasteiger charge is -2.11. The molecule has 0 fully saturated rings. The summed E-state index contributed by atoms with van der Waals surface area (Å²) in [6, 6.07) is 7.63. The molecule has 0 spiro atoms. The number of benzene rings is 1. The number of aliphatic hydroxyl groups is 1. The monoisotopic (exact) mass is 268 g/mol. The lowest BCUT2D eigenvalue weighted by molar-refractivity contribution is 0.169. The van der Waals surface area contributed by atoms with Crippen molar-refractivity contribution in [1.82, 2.24) is 19.5 Å². The van der Waals surface area contributed by atoms with Gasteiger partial charge in [-0.15, -0.1) is 0 Å². The van der Waals surface area contributed by atoms with E-state index in [0.29, 0.717) is 12.1 Å². The zero-order valence-corrected chi connectivity index (χ0v) is 11.3. The molecular weight excluding hydrogens is 252 g/mol. The molecule has 0 saturated heterocycles. The summed E-state index contributed by atoms with van der Waals surface area (Å²) >= 11 is 0. The van der Waals surface area contributed by atoms with Gasteiger partial charge in [0.2, 0.25) is 0 Å². The minimum atomic E-state index is -0.695. The highest BCUT2D eigenvalue weighted by Gasteiger charge is 2.14. The van der Waals surface area contributed by atoms with E-state index in [1.165, 1.54) is 0 Å². The number of nitrogens with zero attached hydrogens (tertiary/aromatic N) is 4. The van der Waals surface area contributed by atoms with E-state index >= 15 is 0 Å². The predicted octanol–water partition coefficient (Wildman–Crippen LogP) is 2.12. The highest BCUT2D eigenvalue weighted by molar-refractivity contribution is 5.73. The van der Waals surface area contributed by atoms with Crippen molar-refractivity contribution in [3.63, 3.8) is 0 Å². The zero-order chi connectivity index (χ0) is 13.9. The van der Waals surface area contributed by atoms with Crippen LogP contribution in [0.4, 0.5) is 0 Å². The van der Waals surface area contributed by atoms with Crippen molar-refractivity contribution in [3.8, 4) is 0 Å². The third-order valence-electron chi connectivity index (χ3n) is 3.33. The number of aliphatic hydroxyl groups excluding tert-OH is 1. The van der Waals surface area contributed by atoms with Crippen LogP contribution in [0.1, 0.15) is 24.5 Å². The number of hydrogen-bond donors (Lipinski definition) is 1. The van der Waals surface area contributed by atoms with Crippen LogP contribution < -0.4 is 0 Å². The van der Waals surface area contributed by atoms with Crippen LogP contribution in [0.15, 0.2) is 42.9 Å². The number of imidazole rings is 1. The molecule has 2 heterocycles. The van der Waals surface area contributed by atoms with E-state index in [0.717, 1.165) is 23.4 Å². The van der Waals surface area contributed by atoms with Gasteiger partial charge >= 0.3 is 0 Å². The first-order valence-corrected chi connectivity index (χ1v) is 6.67. The van der Waals surface area contributed by atoms with Crippen molar-refractivity contribution < 1.29 is 5.11 Å². The zero-order valence-electron chi connectivity index (χ0n) is 11.3. The maximum absolute atomic E-state index is 10.3. The second kappa shape index (κ2) is 5.38. The quantitative estimate of drug-likeness (QED) is 0.787. The van der Waals surface area contributed by atoms with E-state index < -0.39 is 6.10 Å². The predicted molar refractivity (Wildman–Crippen MR) is 76.1 cm³/mol. The molecule has 0 aliphatic rings. The van der Waals surface area contributed by atoms with Gasteiger partial charge in [-0.25, -0.2) is 9.97 Å². The van der Waals surface area contributed by atoms with Crippen molar-refractivity contribution in [2.24, 2.45) is 0 Å². The first-order valence-electron chi connectivity index (χ1n) is 6.67. The average molecular weight is 268 g/mol. The summed E-state index contributed by atoms with van der Waals surface area (Å²) in [6.45, 7) is 2.89. The van der Waals surface area contributed by atoms with Gasteiger partial charge in [0.15, 0.2) is 0 Å². The smallest absolute Gasteiger partial charge is 0.111 e. The Morgan fingerprint density at radius 1 is 1.20 bits per heavy atom. The van der Waals surface area contributed by atoms with Crippen LogP contribution in [0.2, 0.25) is 0 Å². The van der Waals surface area contributed by atoms with Gasteiger partial charge in [0.05, 0.1) is 22.9 Å². The molecule has 3 aromatic rings. The van der Waals surface area contributed by atoms with Gasteiger partial charge in [-0.2, -0.15) is 0 Å². The van der Waals surface area contributed by atoms with E-state index in [-0.39, 0.29) is 0 Å². The third kappa shape index (κ3) is 2.40. The SMILES string of the molecule is CCn1ccnc1CC(O)c1cnc2ccccc2n1. The van der Waals surface area contributed by atoms with Gasteiger partial charge in [-0.1, -0.05) is 12.1 Å². The molecule has 5 nitrogen and oxygen atoms in total. The van der Waals surface area contributed by atoms with Crippen LogP contribution in [0.5, 0.6) is 0 Å². The van der Waals surface area contributed by atoms with Crippen molar-refractivity contribution in [2.45, 2.75) is 26.0 Å². The molecule has 1 N–H and O–H groups in total. The Labute approximate surface area is 117 Å². The molecule has 1 unspecified atom stereocenters. The maximum Gasteiger partial charge on any atom is 0.111 e. The number of rotatable bonds is 4. The lowest BCUT2D eigenvalue weighted by Crippen LogP contribution is -2.10. The van der Waals surface area contributed by atoms with Crippen LogP contribution in [0.25, 0.3) is 11.0 Å². The van der Waals surface area contributed by atoms with E-state index in [4.69, 9.17) is 0 Å². The van der Waals surface area contributed by atoms with Gasteiger partial charge in [-0.05, 0) is 19.1 Å². The molecular formula is C15H16N4O. The molecule has 5 heteroatoms. The first kappa shape index (κ1) is 12.7. The maximum atomic E-state index is 10.3. The fraction of sp³-hybridized carbons (Fsp3) is 0.267. The number of hydrogen-bond acceptors (Lipinski definition) is 4. The van der Waals surface area contributed by atoms with E-state index in [2.05, 4.69) is 15.0 Å². The summed E-state index contributed by atoms with van der Waals surface area (Å²) in [5.41, 5.74) is 2.20. The molecule has 0 radical (unpaired) electrons. The summed E-state index contributed by atoms with van der Waals surface area (Å²) in [6.07, 6.45) is 5.03. The molecule has 0 saturated carbocycles. The molecule has 1 atom stereocenters. The van der Waals surface area contributed by atoms with Crippen molar-refractivity contribution >= 4 is 11.0 Å². The molecule has 2 aromatic heterocycles. The fourth-order valence-corrected chi connectivity index (χ4v) is 2.23. The van der Waals surface area contributed by atoms with Gasteiger partial charge in [-0.3, -0.25) is 4.98 Å². The van der Waals surface area contributed by atoms with Crippen LogP contribution in [-0.2, 0) is 13.0 Å². The standard InChI is InChI=1S/C15H16N4O/c1-2-19-8-7-16-15(19)9-14(20)13-10-17-11-5-3-4-6-12(11)18-13/h3-8,10,14,20H,2,9H2,1H3. The van der Waals surface area contributed by atoms with Crippen LogP contribution in [0.3, 0.4) is 0 Å². The van der Waals surface area contributed by atoms with Crippen LogP contribution in [0, 0.1) is 0 Å². The summed E-state index contributed by atoms with van der Waals surface area (Å²) in [5, 5.41) is 10.3. The Hall–Kier alpha value is -2.27. The van der Waals surface area contributed by atoms with Crippen LogP contribution >= 0.6 is 0 Å². The Balaban J connectivity index is 1.86. The molecule has 3 rings (SSSR count). The van der Waals surface area contributed by atoms with E-state index in [1.54, 1.807) is 12.4 Å². The van der Waals surface area contributed by atoms with E-state index in [9.17, 15) is 5.11 Å². The van der Waals surface area contributed by atoms with E-state index in [1.807, 2.05) is 42.0 Å². The average Bonchev–Trinajstić information content (AvgIpc) is 2.94. The molecule has 20 heavy (non-hydrogen) atoms. The van der Waals surface area contributed by atoms with Gasteiger partial charge in [0, 0.05) is 25.4 Å². The summed E-state index contributed by atoms with van der Waals surface area (Å²) < 4.78 is 2.01. The summed E-state index contributed by atoms with van der Waals surface area (Å²) in [7, 11) is 0. The molecule has 0 aliphatic heterocycles. The molecule has 1 aromatic carbocycles. The minimum absolute atomic E-state index is 0.438. The summed E-state index contributed by atoms with van der Waals surface area (Å²) in [5.74, 6) is 0.856. The van der Waals surface area contributed by atoms with Gasteiger partial charge in [0.1, 0.15) is 11.9 Å². The molecule has 0 bridgehead atoms. The highest BCUT2D eigenvalue weighted by atomic mass is 16.3. The number of aromatic nitrogens is 4. The number of para-hydroxylation sites is 2. The largest absolute Gasteiger partial charge is 0.386 e. The molecule has 0 amide bonds.